The monoisotopic (exact) mass is 318 g/mol. The standard InChI is InChI=1S/C13H17F3N4O2/c1-9-7-11(20(21)22)12(17-8-9)19-5-3-18(4-6-19)10(2)13(14,15)16/h7-8,10H,3-6H2,1-2H3. The molecule has 0 radical (unpaired) electrons. The zero-order chi connectivity index (χ0) is 16.5. The molecule has 1 aromatic heterocycles. The van der Waals surface area contributed by atoms with Crippen LogP contribution in [0, 0.1) is 17.0 Å². The Bertz CT molecular complexity index is 557. The largest absolute Gasteiger partial charge is 0.403 e. The van der Waals surface area contributed by atoms with Gasteiger partial charge in [0, 0.05) is 38.4 Å². The molecule has 0 saturated carbocycles. The fourth-order valence-corrected chi connectivity index (χ4v) is 2.45. The van der Waals surface area contributed by atoms with Crippen LogP contribution in [0.1, 0.15) is 12.5 Å². The molecule has 1 unspecified atom stereocenters. The molecule has 1 atom stereocenters. The Balaban J connectivity index is 2.11. The number of alkyl halides is 3. The van der Waals surface area contributed by atoms with Crippen molar-refractivity contribution < 1.29 is 18.1 Å². The predicted octanol–water partition coefficient (Wildman–Crippen LogP) is 2.37. The van der Waals surface area contributed by atoms with Crippen molar-refractivity contribution >= 4 is 11.5 Å². The van der Waals surface area contributed by atoms with Gasteiger partial charge in [0.2, 0.25) is 5.82 Å². The molecule has 1 fully saturated rings. The first-order valence-corrected chi connectivity index (χ1v) is 6.87. The number of hydrogen-bond acceptors (Lipinski definition) is 5. The van der Waals surface area contributed by atoms with Crippen molar-refractivity contribution in [3.63, 3.8) is 0 Å². The molecule has 2 heterocycles. The number of nitrogens with zero attached hydrogens (tertiary/aromatic N) is 4. The van der Waals surface area contributed by atoms with E-state index in [4.69, 9.17) is 0 Å². The fourth-order valence-electron chi connectivity index (χ4n) is 2.45. The van der Waals surface area contributed by atoms with Crippen molar-refractivity contribution in [3.05, 3.63) is 27.9 Å². The molecule has 1 aliphatic rings. The first-order valence-electron chi connectivity index (χ1n) is 6.87. The molecule has 0 N–H and O–H groups in total. The van der Waals surface area contributed by atoms with Crippen molar-refractivity contribution in [1.82, 2.24) is 9.88 Å². The zero-order valence-corrected chi connectivity index (χ0v) is 12.3. The Morgan fingerprint density at radius 2 is 1.91 bits per heavy atom. The SMILES string of the molecule is Cc1cnc(N2CCN(C(C)C(F)(F)F)CC2)c([N+](=O)[O-])c1. The van der Waals surface area contributed by atoms with Crippen LogP contribution in [0.3, 0.4) is 0 Å². The van der Waals surface area contributed by atoms with Crippen LogP contribution in [-0.4, -0.2) is 53.2 Å². The van der Waals surface area contributed by atoms with Gasteiger partial charge in [0.05, 0.1) is 4.92 Å². The summed E-state index contributed by atoms with van der Waals surface area (Å²) in [5.41, 5.74) is 0.553. The minimum Gasteiger partial charge on any atom is -0.348 e. The number of halogens is 3. The van der Waals surface area contributed by atoms with Gasteiger partial charge in [-0.3, -0.25) is 15.0 Å². The summed E-state index contributed by atoms with van der Waals surface area (Å²) in [5, 5.41) is 11.1. The first-order chi connectivity index (χ1) is 10.2. The summed E-state index contributed by atoms with van der Waals surface area (Å²) < 4.78 is 38.1. The molecule has 1 saturated heterocycles. The Morgan fingerprint density at radius 1 is 1.32 bits per heavy atom. The Hall–Kier alpha value is -1.90. The smallest absolute Gasteiger partial charge is 0.348 e. The van der Waals surface area contributed by atoms with Crippen LogP contribution in [0.2, 0.25) is 0 Å². The van der Waals surface area contributed by atoms with E-state index in [9.17, 15) is 23.3 Å². The van der Waals surface area contributed by atoms with Crippen molar-refractivity contribution in [2.24, 2.45) is 0 Å². The fraction of sp³-hybridized carbons (Fsp3) is 0.615. The molecular weight excluding hydrogens is 301 g/mol. The van der Waals surface area contributed by atoms with E-state index in [1.807, 2.05) is 0 Å². The van der Waals surface area contributed by atoms with Crippen LogP contribution in [0.5, 0.6) is 0 Å². The maximum atomic E-state index is 12.7. The summed E-state index contributed by atoms with van der Waals surface area (Å²) in [6, 6.07) is -0.0943. The summed E-state index contributed by atoms with van der Waals surface area (Å²) >= 11 is 0. The van der Waals surface area contributed by atoms with E-state index in [2.05, 4.69) is 4.98 Å². The van der Waals surface area contributed by atoms with Gasteiger partial charge in [-0.1, -0.05) is 0 Å². The average molecular weight is 318 g/mol. The highest BCUT2D eigenvalue weighted by atomic mass is 19.4. The summed E-state index contributed by atoms with van der Waals surface area (Å²) in [7, 11) is 0. The van der Waals surface area contributed by atoms with Crippen LogP contribution >= 0.6 is 0 Å². The third kappa shape index (κ3) is 3.46. The van der Waals surface area contributed by atoms with Gasteiger partial charge in [-0.2, -0.15) is 13.2 Å². The highest BCUT2D eigenvalue weighted by molar-refractivity contribution is 5.58. The Morgan fingerprint density at radius 3 is 2.41 bits per heavy atom. The third-order valence-corrected chi connectivity index (χ3v) is 3.82. The molecule has 1 aromatic rings. The maximum Gasteiger partial charge on any atom is 0.403 e. The van der Waals surface area contributed by atoms with Gasteiger partial charge in [-0.25, -0.2) is 4.98 Å². The van der Waals surface area contributed by atoms with Crippen molar-refractivity contribution in [2.75, 3.05) is 31.1 Å². The lowest BCUT2D eigenvalue weighted by molar-refractivity contribution is -0.384. The maximum absolute atomic E-state index is 12.7. The average Bonchev–Trinajstić information content (AvgIpc) is 2.45. The van der Waals surface area contributed by atoms with Crippen molar-refractivity contribution in [2.45, 2.75) is 26.1 Å². The van der Waals surface area contributed by atoms with E-state index in [0.29, 0.717) is 5.56 Å². The van der Waals surface area contributed by atoms with Crippen molar-refractivity contribution in [3.8, 4) is 0 Å². The van der Waals surface area contributed by atoms with Crippen LogP contribution in [0.25, 0.3) is 0 Å². The minimum atomic E-state index is -4.27. The van der Waals surface area contributed by atoms with E-state index >= 15 is 0 Å². The molecule has 9 heteroatoms. The highest BCUT2D eigenvalue weighted by Crippen LogP contribution is 2.29. The molecule has 0 spiro atoms. The second kappa shape index (κ2) is 6.07. The molecule has 0 amide bonds. The topological polar surface area (TPSA) is 62.5 Å². The summed E-state index contributed by atoms with van der Waals surface area (Å²) in [6.07, 6.45) is -2.75. The Kier molecular flexibility index (Phi) is 4.55. The molecular formula is C13H17F3N4O2. The van der Waals surface area contributed by atoms with Gasteiger partial charge in [-0.15, -0.1) is 0 Å². The number of anilines is 1. The summed E-state index contributed by atoms with van der Waals surface area (Å²) in [4.78, 5) is 17.7. The number of aryl methyl sites for hydroxylation is 1. The molecule has 0 aromatic carbocycles. The lowest BCUT2D eigenvalue weighted by Gasteiger charge is -2.38. The van der Waals surface area contributed by atoms with E-state index in [0.717, 1.165) is 6.92 Å². The predicted molar refractivity (Wildman–Crippen MR) is 74.9 cm³/mol. The van der Waals surface area contributed by atoms with Gasteiger partial charge in [-0.05, 0) is 19.4 Å². The zero-order valence-electron chi connectivity index (χ0n) is 12.3. The van der Waals surface area contributed by atoms with Gasteiger partial charge >= 0.3 is 11.9 Å². The number of piperazine rings is 1. The first kappa shape index (κ1) is 16.5. The second-order valence-corrected chi connectivity index (χ2v) is 5.35. The van der Waals surface area contributed by atoms with Crippen molar-refractivity contribution in [1.29, 1.82) is 0 Å². The lowest BCUT2D eigenvalue weighted by Crippen LogP contribution is -2.53. The van der Waals surface area contributed by atoms with E-state index in [-0.39, 0.29) is 37.7 Å². The minimum absolute atomic E-state index is 0.114. The molecule has 2 rings (SSSR count). The number of aromatic nitrogens is 1. The van der Waals surface area contributed by atoms with E-state index in [1.165, 1.54) is 17.2 Å². The molecule has 0 aliphatic carbocycles. The molecule has 0 bridgehead atoms. The molecule has 1 aliphatic heterocycles. The summed E-state index contributed by atoms with van der Waals surface area (Å²) in [5.74, 6) is 0.218. The quantitative estimate of drug-likeness (QED) is 0.632. The molecule has 22 heavy (non-hydrogen) atoms. The molecule has 6 nitrogen and oxygen atoms in total. The third-order valence-electron chi connectivity index (χ3n) is 3.82. The van der Waals surface area contributed by atoms with Gasteiger partial charge < -0.3 is 4.90 Å². The lowest BCUT2D eigenvalue weighted by atomic mass is 10.2. The van der Waals surface area contributed by atoms with Gasteiger partial charge in [0.15, 0.2) is 0 Å². The highest BCUT2D eigenvalue weighted by Gasteiger charge is 2.41. The summed E-state index contributed by atoms with van der Waals surface area (Å²) in [6.45, 7) is 3.75. The number of hydrogen-bond donors (Lipinski definition) is 0. The number of pyridine rings is 1. The van der Waals surface area contributed by atoms with Crippen LogP contribution in [0.15, 0.2) is 12.3 Å². The van der Waals surface area contributed by atoms with Crippen LogP contribution < -0.4 is 4.90 Å². The number of nitro groups is 1. The normalized spacial score (nSPS) is 18.3. The van der Waals surface area contributed by atoms with Crippen LogP contribution in [-0.2, 0) is 0 Å². The van der Waals surface area contributed by atoms with Crippen LogP contribution in [0.4, 0.5) is 24.7 Å². The van der Waals surface area contributed by atoms with E-state index < -0.39 is 17.1 Å². The number of rotatable bonds is 3. The van der Waals surface area contributed by atoms with Gasteiger partial charge in [0.1, 0.15) is 6.04 Å². The molecule has 122 valence electrons. The van der Waals surface area contributed by atoms with Gasteiger partial charge in [0.25, 0.3) is 0 Å². The Labute approximate surface area is 125 Å². The second-order valence-electron chi connectivity index (χ2n) is 5.35. The van der Waals surface area contributed by atoms with E-state index in [1.54, 1.807) is 11.8 Å².